The highest BCUT2D eigenvalue weighted by molar-refractivity contribution is 6.18. The molecule has 5 heteroatoms. The standard InChI is InChI=1S/C61H42N4O/c1-4-16-41(17-5-1)43-32-34-49(35-33-43)65(50-27-13-24-46(39-50)42-18-6-2-7-19-42)51-36-37-55-57(40-51)66-56-31-15-29-53(58(55)56)47-25-12-26-48(38-47)60-62-59(45-21-8-3-9-22-45)63-61(64-60)54-30-14-23-44-20-10-11-28-52(44)54/h1-40,59H,(H,62,63,64). The number of amidine groups is 2. The molecule has 1 aliphatic heterocycles. The van der Waals surface area contributed by atoms with E-state index >= 15 is 0 Å². The van der Waals surface area contributed by atoms with Gasteiger partial charge in [0.25, 0.3) is 0 Å². The van der Waals surface area contributed by atoms with Crippen LogP contribution >= 0.6 is 0 Å². The number of nitrogens with zero attached hydrogens (tertiary/aromatic N) is 3. The van der Waals surface area contributed by atoms with Gasteiger partial charge in [0.05, 0.1) is 0 Å². The van der Waals surface area contributed by atoms with Gasteiger partial charge in [-0.05, 0) is 98.2 Å². The summed E-state index contributed by atoms with van der Waals surface area (Å²) >= 11 is 0. The molecule has 1 N–H and O–H groups in total. The molecule has 1 atom stereocenters. The number of furan rings is 1. The van der Waals surface area contributed by atoms with Crippen molar-refractivity contribution in [2.45, 2.75) is 6.17 Å². The average molecular weight is 847 g/mol. The van der Waals surface area contributed by atoms with Gasteiger partial charge in [-0.1, -0.05) is 188 Å². The minimum Gasteiger partial charge on any atom is -0.456 e. The van der Waals surface area contributed by atoms with Crippen molar-refractivity contribution in [2.24, 2.45) is 9.98 Å². The number of aliphatic imine (C=N–C) groups is 2. The van der Waals surface area contributed by atoms with Gasteiger partial charge in [0, 0.05) is 45.0 Å². The number of nitrogens with one attached hydrogen (secondary N) is 1. The van der Waals surface area contributed by atoms with Crippen LogP contribution in [-0.4, -0.2) is 11.7 Å². The average Bonchev–Trinajstić information content (AvgIpc) is 3.78. The first-order chi connectivity index (χ1) is 32.7. The zero-order chi connectivity index (χ0) is 43.8. The molecule has 5 nitrogen and oxygen atoms in total. The fourth-order valence-electron chi connectivity index (χ4n) is 9.31. The topological polar surface area (TPSA) is 53.1 Å². The minimum atomic E-state index is -0.311. The third kappa shape index (κ3) is 7.28. The number of fused-ring (bicyclic) bond motifs is 4. The molecular weight excluding hydrogens is 805 g/mol. The van der Waals surface area contributed by atoms with Gasteiger partial charge in [-0.3, -0.25) is 0 Å². The molecule has 0 radical (unpaired) electrons. The Morgan fingerprint density at radius 3 is 1.80 bits per heavy atom. The Balaban J connectivity index is 0.945. The molecule has 1 unspecified atom stereocenters. The van der Waals surface area contributed by atoms with Gasteiger partial charge in [-0.15, -0.1) is 0 Å². The van der Waals surface area contributed by atoms with E-state index in [9.17, 15) is 0 Å². The lowest BCUT2D eigenvalue weighted by atomic mass is 9.97. The van der Waals surface area contributed by atoms with Crippen molar-refractivity contribution < 1.29 is 4.42 Å². The molecule has 10 aromatic carbocycles. The summed E-state index contributed by atoms with van der Waals surface area (Å²) in [7, 11) is 0. The second-order valence-corrected chi connectivity index (χ2v) is 16.6. The van der Waals surface area contributed by atoms with Crippen molar-refractivity contribution in [1.82, 2.24) is 5.32 Å². The van der Waals surface area contributed by atoms with Gasteiger partial charge in [-0.2, -0.15) is 0 Å². The van der Waals surface area contributed by atoms with E-state index in [-0.39, 0.29) is 6.17 Å². The molecule has 11 aromatic rings. The zero-order valence-corrected chi connectivity index (χ0v) is 35.9. The summed E-state index contributed by atoms with van der Waals surface area (Å²) in [6.07, 6.45) is -0.311. The Labute approximate surface area is 383 Å². The summed E-state index contributed by atoms with van der Waals surface area (Å²) in [6.45, 7) is 0. The number of anilines is 3. The molecule has 12 rings (SSSR count). The van der Waals surface area contributed by atoms with Crippen LogP contribution in [0.15, 0.2) is 257 Å². The Kier molecular flexibility index (Phi) is 9.84. The van der Waals surface area contributed by atoms with E-state index in [1.807, 2.05) is 6.07 Å². The molecule has 0 spiro atoms. The normalized spacial score (nSPS) is 13.6. The first-order valence-electron chi connectivity index (χ1n) is 22.3. The highest BCUT2D eigenvalue weighted by Gasteiger charge is 2.23. The number of hydrogen-bond donors (Lipinski definition) is 1. The summed E-state index contributed by atoms with van der Waals surface area (Å²) in [5, 5.41) is 8.08. The van der Waals surface area contributed by atoms with Crippen molar-refractivity contribution in [2.75, 3.05) is 4.90 Å². The fourth-order valence-corrected chi connectivity index (χ4v) is 9.31. The van der Waals surface area contributed by atoms with E-state index < -0.39 is 0 Å². The molecule has 0 saturated carbocycles. The van der Waals surface area contributed by atoms with E-state index in [0.717, 1.165) is 89.0 Å². The second kappa shape index (κ2) is 16.7. The molecule has 0 bridgehead atoms. The Morgan fingerprint density at radius 2 is 0.985 bits per heavy atom. The van der Waals surface area contributed by atoms with Gasteiger partial charge in [-0.25, -0.2) is 9.98 Å². The lowest BCUT2D eigenvalue weighted by Gasteiger charge is -2.26. The summed E-state index contributed by atoms with van der Waals surface area (Å²) in [4.78, 5) is 12.7. The molecule has 0 saturated heterocycles. The Bertz CT molecular complexity index is 3610. The molecule has 66 heavy (non-hydrogen) atoms. The first kappa shape index (κ1) is 38.8. The van der Waals surface area contributed by atoms with Crippen molar-refractivity contribution in [3.05, 3.63) is 259 Å². The molecule has 1 aromatic heterocycles. The fraction of sp³-hybridized carbons (Fsp3) is 0.0164. The van der Waals surface area contributed by atoms with Crippen LogP contribution in [0.5, 0.6) is 0 Å². The highest BCUT2D eigenvalue weighted by atomic mass is 16.3. The molecule has 0 aliphatic carbocycles. The van der Waals surface area contributed by atoms with Gasteiger partial charge < -0.3 is 14.6 Å². The van der Waals surface area contributed by atoms with Crippen LogP contribution in [0.4, 0.5) is 17.1 Å². The SMILES string of the molecule is c1ccc(-c2ccc(N(c3cccc(-c4ccccc4)c3)c3ccc4c(c3)oc3cccc(-c5cccc(C6=NC(c7cccc8ccccc78)=NC(c7ccccc7)N6)c5)c34)cc2)cc1. The largest absolute Gasteiger partial charge is 0.456 e. The van der Waals surface area contributed by atoms with Crippen LogP contribution in [-0.2, 0) is 0 Å². The van der Waals surface area contributed by atoms with Crippen molar-refractivity contribution >= 4 is 61.4 Å². The Morgan fingerprint density at radius 1 is 0.394 bits per heavy atom. The predicted molar refractivity (Wildman–Crippen MR) is 274 cm³/mol. The minimum absolute atomic E-state index is 0.311. The van der Waals surface area contributed by atoms with Crippen LogP contribution < -0.4 is 10.2 Å². The van der Waals surface area contributed by atoms with E-state index in [0.29, 0.717) is 5.84 Å². The molecule has 0 fully saturated rings. The molecule has 1 aliphatic rings. The van der Waals surface area contributed by atoms with Gasteiger partial charge in [0.2, 0.25) is 0 Å². The van der Waals surface area contributed by atoms with E-state index in [4.69, 9.17) is 14.4 Å². The Hall–Kier alpha value is -8.80. The maximum absolute atomic E-state index is 6.78. The van der Waals surface area contributed by atoms with Crippen molar-refractivity contribution in [3.8, 4) is 33.4 Å². The van der Waals surface area contributed by atoms with E-state index in [1.165, 1.54) is 16.7 Å². The number of hydrogen-bond acceptors (Lipinski definition) is 5. The molecule has 0 amide bonds. The van der Waals surface area contributed by atoms with Crippen molar-refractivity contribution in [3.63, 3.8) is 0 Å². The first-order valence-corrected chi connectivity index (χ1v) is 22.3. The predicted octanol–water partition coefficient (Wildman–Crippen LogP) is 15.7. The van der Waals surface area contributed by atoms with Gasteiger partial charge in [0.15, 0.2) is 5.84 Å². The molecule has 2 heterocycles. The van der Waals surface area contributed by atoms with E-state index in [1.54, 1.807) is 0 Å². The number of rotatable bonds is 9. The quantitative estimate of drug-likeness (QED) is 0.157. The number of benzene rings is 10. The van der Waals surface area contributed by atoms with Gasteiger partial charge >= 0.3 is 0 Å². The van der Waals surface area contributed by atoms with Crippen LogP contribution in [0.3, 0.4) is 0 Å². The monoisotopic (exact) mass is 846 g/mol. The van der Waals surface area contributed by atoms with Crippen LogP contribution in [0.1, 0.15) is 22.9 Å². The smallest absolute Gasteiger partial charge is 0.160 e. The van der Waals surface area contributed by atoms with Crippen LogP contribution in [0, 0.1) is 0 Å². The van der Waals surface area contributed by atoms with Crippen LogP contribution in [0.2, 0.25) is 0 Å². The van der Waals surface area contributed by atoms with Crippen molar-refractivity contribution in [1.29, 1.82) is 0 Å². The summed E-state index contributed by atoms with van der Waals surface area (Å²) < 4.78 is 6.78. The van der Waals surface area contributed by atoms with Crippen LogP contribution in [0.25, 0.3) is 66.1 Å². The zero-order valence-electron chi connectivity index (χ0n) is 35.9. The lowest BCUT2D eigenvalue weighted by Crippen LogP contribution is -2.33. The summed E-state index contributed by atoms with van der Waals surface area (Å²) in [5.41, 5.74) is 14.6. The third-order valence-corrected chi connectivity index (χ3v) is 12.5. The molecular formula is C61H42N4O. The van der Waals surface area contributed by atoms with Gasteiger partial charge in [0.1, 0.15) is 23.2 Å². The summed E-state index contributed by atoms with van der Waals surface area (Å²) in [5.74, 6) is 1.47. The maximum atomic E-state index is 6.78. The second-order valence-electron chi connectivity index (χ2n) is 16.6. The third-order valence-electron chi connectivity index (χ3n) is 12.5. The highest BCUT2D eigenvalue weighted by Crippen LogP contribution is 2.42. The lowest BCUT2D eigenvalue weighted by molar-refractivity contribution is 0.669. The molecule has 312 valence electrons. The summed E-state index contributed by atoms with van der Waals surface area (Å²) in [6, 6.07) is 85.3. The maximum Gasteiger partial charge on any atom is 0.160 e. The van der Waals surface area contributed by atoms with E-state index in [2.05, 4.69) is 247 Å².